The van der Waals surface area contributed by atoms with E-state index in [-0.39, 0.29) is 34.4 Å². The van der Waals surface area contributed by atoms with Gasteiger partial charge in [0.25, 0.3) is 5.91 Å². The lowest BCUT2D eigenvalue weighted by Crippen LogP contribution is -2.37. The van der Waals surface area contributed by atoms with Crippen molar-refractivity contribution in [3.63, 3.8) is 0 Å². The van der Waals surface area contributed by atoms with Crippen molar-refractivity contribution in [1.29, 1.82) is 0 Å². The first kappa shape index (κ1) is 17.4. The molecule has 9 heteroatoms. The van der Waals surface area contributed by atoms with Gasteiger partial charge in [0.15, 0.2) is 9.84 Å². The maximum absolute atomic E-state index is 12.5. The molecule has 0 radical (unpaired) electrons. The second-order valence-corrected chi connectivity index (χ2v) is 10.3. The average molecular weight is 372 g/mol. The van der Waals surface area contributed by atoms with Crippen LogP contribution in [0.15, 0.2) is 29.2 Å². The summed E-state index contributed by atoms with van der Waals surface area (Å²) in [5, 5.41) is 0. The molecule has 7 nitrogen and oxygen atoms in total. The molecule has 1 saturated carbocycles. The van der Waals surface area contributed by atoms with E-state index in [1.54, 1.807) is 7.05 Å². The Bertz CT molecular complexity index is 842. The molecule has 0 spiro atoms. The molecule has 1 saturated heterocycles. The highest BCUT2D eigenvalue weighted by atomic mass is 32.2. The average Bonchev–Trinajstić information content (AvgIpc) is 3.25. The fourth-order valence-electron chi connectivity index (χ4n) is 2.72. The Morgan fingerprint density at radius 1 is 1.17 bits per heavy atom. The molecule has 1 atom stereocenters. The molecule has 0 unspecified atom stereocenters. The molecule has 3 rings (SSSR count). The minimum Gasteiger partial charge on any atom is -0.338 e. The molecule has 132 valence electrons. The highest BCUT2D eigenvalue weighted by molar-refractivity contribution is 7.91. The Balaban J connectivity index is 1.72. The van der Waals surface area contributed by atoms with Gasteiger partial charge in [-0.3, -0.25) is 4.79 Å². The minimum atomic E-state index is -3.55. The highest BCUT2D eigenvalue weighted by Crippen LogP contribution is 2.23. The van der Waals surface area contributed by atoms with Gasteiger partial charge in [-0.15, -0.1) is 0 Å². The van der Waals surface area contributed by atoms with E-state index >= 15 is 0 Å². The number of carbonyl (C=O) groups excluding carboxylic acids is 1. The molecule has 1 heterocycles. The Hall–Kier alpha value is -1.45. The van der Waals surface area contributed by atoms with Gasteiger partial charge in [0, 0.05) is 24.7 Å². The molecule has 1 aromatic carbocycles. The zero-order valence-corrected chi connectivity index (χ0v) is 14.9. The van der Waals surface area contributed by atoms with E-state index in [0.717, 1.165) is 12.8 Å². The normalized spacial score (nSPS) is 23.1. The quantitative estimate of drug-likeness (QED) is 0.806. The van der Waals surface area contributed by atoms with E-state index in [0.29, 0.717) is 12.0 Å². The fourth-order valence-corrected chi connectivity index (χ4v) is 5.79. The number of hydrogen-bond donors (Lipinski definition) is 1. The van der Waals surface area contributed by atoms with Gasteiger partial charge >= 0.3 is 0 Å². The number of nitrogens with one attached hydrogen (secondary N) is 1. The lowest BCUT2D eigenvalue weighted by Gasteiger charge is -2.23. The predicted molar refractivity (Wildman–Crippen MR) is 88.9 cm³/mol. The van der Waals surface area contributed by atoms with Gasteiger partial charge in [0.05, 0.1) is 16.4 Å². The zero-order chi connectivity index (χ0) is 17.5. The number of nitrogens with zero attached hydrogens (tertiary/aromatic N) is 1. The number of sulfone groups is 1. The first-order chi connectivity index (χ1) is 11.2. The number of benzene rings is 1. The highest BCUT2D eigenvalue weighted by Gasteiger charge is 2.33. The van der Waals surface area contributed by atoms with Crippen LogP contribution >= 0.6 is 0 Å². The topological polar surface area (TPSA) is 101 Å². The van der Waals surface area contributed by atoms with E-state index < -0.39 is 19.9 Å². The summed E-state index contributed by atoms with van der Waals surface area (Å²) < 4.78 is 49.9. The number of amides is 1. The van der Waals surface area contributed by atoms with Crippen LogP contribution in [0.25, 0.3) is 0 Å². The third-order valence-electron chi connectivity index (χ3n) is 4.39. The molecular formula is C15H20N2O5S2. The van der Waals surface area contributed by atoms with Crippen molar-refractivity contribution in [2.45, 2.75) is 36.2 Å². The maximum Gasteiger partial charge on any atom is 0.253 e. The van der Waals surface area contributed by atoms with Crippen molar-refractivity contribution < 1.29 is 21.6 Å². The van der Waals surface area contributed by atoms with Crippen LogP contribution in [0.5, 0.6) is 0 Å². The summed E-state index contributed by atoms with van der Waals surface area (Å²) in [7, 11) is -5.04. The minimum absolute atomic E-state index is 0.0201. The van der Waals surface area contributed by atoms with Crippen LogP contribution in [0.2, 0.25) is 0 Å². The summed E-state index contributed by atoms with van der Waals surface area (Å²) in [4.78, 5) is 14.0. The van der Waals surface area contributed by atoms with E-state index in [4.69, 9.17) is 0 Å². The number of carbonyl (C=O) groups is 1. The smallest absolute Gasteiger partial charge is 0.253 e. The molecule has 1 aromatic rings. The van der Waals surface area contributed by atoms with Crippen LogP contribution in [-0.2, 0) is 19.9 Å². The monoisotopic (exact) mass is 372 g/mol. The number of hydrogen-bond acceptors (Lipinski definition) is 5. The first-order valence-corrected chi connectivity index (χ1v) is 11.1. The summed E-state index contributed by atoms with van der Waals surface area (Å²) in [5.74, 6) is -0.233. The Labute approximate surface area is 142 Å². The van der Waals surface area contributed by atoms with Gasteiger partial charge in [-0.2, -0.15) is 0 Å². The van der Waals surface area contributed by atoms with Crippen molar-refractivity contribution in [1.82, 2.24) is 9.62 Å². The summed E-state index contributed by atoms with van der Waals surface area (Å²) in [5.41, 5.74) is 0.340. The van der Waals surface area contributed by atoms with Crippen LogP contribution in [-0.4, -0.2) is 58.3 Å². The third-order valence-corrected chi connectivity index (χ3v) is 7.67. The van der Waals surface area contributed by atoms with E-state index in [9.17, 15) is 21.6 Å². The number of sulfonamides is 1. The second-order valence-electron chi connectivity index (χ2n) is 6.39. The molecule has 1 N–H and O–H groups in total. The maximum atomic E-state index is 12.5. The Morgan fingerprint density at radius 2 is 1.79 bits per heavy atom. The second kappa shape index (κ2) is 6.12. The summed E-state index contributed by atoms with van der Waals surface area (Å²) in [6.07, 6.45) is 2.14. The molecular weight excluding hydrogens is 352 g/mol. The third kappa shape index (κ3) is 3.79. The summed E-state index contributed by atoms with van der Waals surface area (Å²) >= 11 is 0. The van der Waals surface area contributed by atoms with Crippen LogP contribution in [0.4, 0.5) is 0 Å². The van der Waals surface area contributed by atoms with Crippen LogP contribution in [0, 0.1) is 0 Å². The SMILES string of the molecule is CN(C(=O)c1ccc(S(=O)(=O)NC2CC2)cc1)[C@H]1CCS(=O)(=O)C1. The van der Waals surface area contributed by atoms with Crippen molar-refractivity contribution in [3.8, 4) is 0 Å². The van der Waals surface area contributed by atoms with Gasteiger partial charge in [0.2, 0.25) is 10.0 Å². The Kier molecular flexibility index (Phi) is 4.43. The van der Waals surface area contributed by atoms with E-state index in [2.05, 4.69) is 4.72 Å². The molecule has 0 aromatic heterocycles. The standard InChI is InChI=1S/C15H20N2O5S2/c1-17(13-8-9-23(19,20)10-13)15(18)11-2-6-14(7-3-11)24(21,22)16-12-4-5-12/h2-3,6-7,12-13,16H,4-5,8-10H2,1H3/t13-/m0/s1. The molecule has 1 amide bonds. The van der Waals surface area contributed by atoms with Crippen LogP contribution in [0.3, 0.4) is 0 Å². The van der Waals surface area contributed by atoms with Crippen molar-refractivity contribution in [2.24, 2.45) is 0 Å². The molecule has 1 aliphatic heterocycles. The number of rotatable bonds is 5. The zero-order valence-electron chi connectivity index (χ0n) is 13.3. The van der Waals surface area contributed by atoms with E-state index in [1.807, 2.05) is 0 Å². The van der Waals surface area contributed by atoms with Gasteiger partial charge < -0.3 is 4.90 Å². The predicted octanol–water partition coefficient (Wildman–Crippen LogP) is 0.386. The summed E-state index contributed by atoms with van der Waals surface area (Å²) in [6.45, 7) is 0. The molecule has 24 heavy (non-hydrogen) atoms. The lowest BCUT2D eigenvalue weighted by atomic mass is 10.1. The molecule has 2 aliphatic rings. The largest absolute Gasteiger partial charge is 0.338 e. The van der Waals surface area contributed by atoms with Crippen LogP contribution < -0.4 is 4.72 Å². The molecule has 0 bridgehead atoms. The van der Waals surface area contributed by atoms with Crippen molar-refractivity contribution >= 4 is 25.8 Å². The van der Waals surface area contributed by atoms with Gasteiger partial charge in [0.1, 0.15) is 0 Å². The van der Waals surface area contributed by atoms with Gasteiger partial charge in [-0.05, 0) is 43.5 Å². The lowest BCUT2D eigenvalue weighted by molar-refractivity contribution is 0.0747. The fraction of sp³-hybridized carbons (Fsp3) is 0.533. The van der Waals surface area contributed by atoms with Gasteiger partial charge in [-0.1, -0.05) is 0 Å². The van der Waals surface area contributed by atoms with Crippen molar-refractivity contribution in [2.75, 3.05) is 18.6 Å². The van der Waals surface area contributed by atoms with Crippen molar-refractivity contribution in [3.05, 3.63) is 29.8 Å². The van der Waals surface area contributed by atoms with Crippen LogP contribution in [0.1, 0.15) is 29.6 Å². The molecule has 2 fully saturated rings. The molecule has 1 aliphatic carbocycles. The van der Waals surface area contributed by atoms with E-state index in [1.165, 1.54) is 29.2 Å². The first-order valence-electron chi connectivity index (χ1n) is 7.78. The Morgan fingerprint density at radius 3 is 2.29 bits per heavy atom. The summed E-state index contributed by atoms with van der Waals surface area (Å²) in [6, 6.07) is 5.41. The van der Waals surface area contributed by atoms with Gasteiger partial charge in [-0.25, -0.2) is 21.6 Å².